The van der Waals surface area contributed by atoms with E-state index in [1.807, 2.05) is 13.8 Å². The molecule has 0 radical (unpaired) electrons. The summed E-state index contributed by atoms with van der Waals surface area (Å²) in [7, 11) is 0. The second-order valence-corrected chi connectivity index (χ2v) is 6.21. The average Bonchev–Trinajstić information content (AvgIpc) is 3.01. The first kappa shape index (κ1) is 16.9. The van der Waals surface area contributed by atoms with E-state index in [1.54, 1.807) is 24.4 Å². The molecule has 3 aromatic rings. The predicted molar refractivity (Wildman–Crippen MR) is 93.7 cm³/mol. The fourth-order valence-electron chi connectivity index (χ4n) is 2.39. The molecular formula is C18H18F2N4O. The van der Waals surface area contributed by atoms with Gasteiger partial charge in [-0.3, -0.25) is 9.89 Å². The molecule has 130 valence electrons. The molecule has 1 amide bonds. The number of carbonyl (C=O) groups is 1. The zero-order valence-electron chi connectivity index (χ0n) is 13.9. The molecule has 0 aliphatic rings. The maximum Gasteiger partial charge on any atom is 0.258 e. The van der Waals surface area contributed by atoms with Gasteiger partial charge in [0.15, 0.2) is 0 Å². The van der Waals surface area contributed by atoms with Gasteiger partial charge in [-0.1, -0.05) is 13.8 Å². The van der Waals surface area contributed by atoms with Crippen molar-refractivity contribution in [1.82, 2.24) is 10.2 Å². The SMILES string of the molecule is CC(C)CNc1cc(C(=O)Nc2ccc3cn[nH]c3c2)c(F)cc1F. The number of hydrogen-bond acceptors (Lipinski definition) is 3. The molecule has 0 aliphatic carbocycles. The highest BCUT2D eigenvalue weighted by Crippen LogP contribution is 2.22. The molecular weight excluding hydrogens is 326 g/mol. The molecule has 0 saturated carbocycles. The molecule has 0 unspecified atom stereocenters. The summed E-state index contributed by atoms with van der Waals surface area (Å²) >= 11 is 0. The maximum absolute atomic E-state index is 14.0. The molecule has 3 N–H and O–H groups in total. The lowest BCUT2D eigenvalue weighted by Crippen LogP contribution is -2.16. The maximum atomic E-state index is 14.0. The van der Waals surface area contributed by atoms with Gasteiger partial charge >= 0.3 is 0 Å². The van der Waals surface area contributed by atoms with E-state index in [4.69, 9.17) is 0 Å². The third-order valence-corrected chi connectivity index (χ3v) is 3.70. The van der Waals surface area contributed by atoms with Crippen molar-refractivity contribution in [2.45, 2.75) is 13.8 Å². The number of aromatic nitrogens is 2. The lowest BCUT2D eigenvalue weighted by molar-refractivity contribution is 0.102. The van der Waals surface area contributed by atoms with Crippen LogP contribution in [-0.4, -0.2) is 22.6 Å². The van der Waals surface area contributed by atoms with Crippen LogP contribution in [0.3, 0.4) is 0 Å². The number of H-pyrrole nitrogens is 1. The summed E-state index contributed by atoms with van der Waals surface area (Å²) in [6, 6.07) is 7.08. The number of halogens is 2. The molecule has 0 atom stereocenters. The Morgan fingerprint density at radius 1 is 1.20 bits per heavy atom. The van der Waals surface area contributed by atoms with Crippen LogP contribution in [0.25, 0.3) is 10.9 Å². The Hall–Kier alpha value is -2.96. The average molecular weight is 344 g/mol. The van der Waals surface area contributed by atoms with Crippen LogP contribution in [0.15, 0.2) is 36.5 Å². The van der Waals surface area contributed by atoms with Gasteiger partial charge in [0.1, 0.15) is 11.6 Å². The largest absolute Gasteiger partial charge is 0.382 e. The van der Waals surface area contributed by atoms with Crippen LogP contribution >= 0.6 is 0 Å². The minimum absolute atomic E-state index is 0.101. The van der Waals surface area contributed by atoms with Gasteiger partial charge in [-0.15, -0.1) is 0 Å². The lowest BCUT2D eigenvalue weighted by atomic mass is 10.1. The Balaban J connectivity index is 1.83. The first-order valence-corrected chi connectivity index (χ1v) is 7.91. The van der Waals surface area contributed by atoms with E-state index < -0.39 is 17.5 Å². The molecule has 3 rings (SSSR count). The van der Waals surface area contributed by atoms with Crippen LogP contribution in [0.4, 0.5) is 20.2 Å². The second kappa shape index (κ2) is 6.88. The summed E-state index contributed by atoms with van der Waals surface area (Å²) in [6.07, 6.45) is 1.66. The van der Waals surface area contributed by atoms with Gasteiger partial charge in [0.25, 0.3) is 5.91 Å². The minimum Gasteiger partial charge on any atom is -0.382 e. The molecule has 7 heteroatoms. The van der Waals surface area contributed by atoms with Gasteiger partial charge in [-0.25, -0.2) is 8.78 Å². The standard InChI is InChI=1S/C18H18F2N4O/c1-10(2)8-21-17-6-13(14(19)7-15(17)20)18(25)23-12-4-3-11-9-22-24-16(11)5-12/h3-7,9-10,21H,8H2,1-2H3,(H,22,24)(H,23,25). The zero-order valence-corrected chi connectivity index (χ0v) is 13.9. The van der Waals surface area contributed by atoms with Crippen molar-refractivity contribution in [2.24, 2.45) is 5.92 Å². The highest BCUT2D eigenvalue weighted by atomic mass is 19.1. The number of nitrogens with zero attached hydrogens (tertiary/aromatic N) is 1. The molecule has 0 saturated heterocycles. The highest BCUT2D eigenvalue weighted by Gasteiger charge is 2.17. The van der Waals surface area contributed by atoms with Gasteiger partial charge in [-0.05, 0) is 30.2 Å². The summed E-state index contributed by atoms with van der Waals surface area (Å²) in [6.45, 7) is 4.45. The Kier molecular flexibility index (Phi) is 4.65. The first-order chi connectivity index (χ1) is 11.9. The lowest BCUT2D eigenvalue weighted by Gasteiger charge is -2.12. The Labute approximate surface area is 143 Å². The van der Waals surface area contributed by atoms with E-state index in [-0.39, 0.29) is 17.2 Å². The summed E-state index contributed by atoms with van der Waals surface area (Å²) in [5.41, 5.74) is 1.11. The number of rotatable bonds is 5. The van der Waals surface area contributed by atoms with E-state index >= 15 is 0 Å². The summed E-state index contributed by atoms with van der Waals surface area (Å²) < 4.78 is 27.9. The molecule has 0 spiro atoms. The van der Waals surface area contributed by atoms with Crippen molar-refractivity contribution < 1.29 is 13.6 Å². The van der Waals surface area contributed by atoms with Crippen LogP contribution in [0.2, 0.25) is 0 Å². The van der Waals surface area contributed by atoms with Crippen LogP contribution < -0.4 is 10.6 Å². The smallest absolute Gasteiger partial charge is 0.258 e. The van der Waals surface area contributed by atoms with Gasteiger partial charge in [0, 0.05) is 23.7 Å². The molecule has 0 fully saturated rings. The van der Waals surface area contributed by atoms with Crippen molar-refractivity contribution >= 4 is 28.2 Å². The fourth-order valence-corrected chi connectivity index (χ4v) is 2.39. The third kappa shape index (κ3) is 3.76. The number of amides is 1. The minimum atomic E-state index is -0.910. The summed E-state index contributed by atoms with van der Waals surface area (Å²) in [5, 5.41) is 13.1. The fraction of sp³-hybridized carbons (Fsp3) is 0.222. The Morgan fingerprint density at radius 3 is 2.76 bits per heavy atom. The molecule has 0 bridgehead atoms. The summed E-state index contributed by atoms with van der Waals surface area (Å²) in [5.74, 6) is -2.01. The van der Waals surface area contributed by atoms with E-state index in [0.29, 0.717) is 12.2 Å². The normalized spacial score (nSPS) is 11.1. The molecule has 2 aromatic carbocycles. The molecule has 0 aliphatic heterocycles. The number of benzene rings is 2. The summed E-state index contributed by atoms with van der Waals surface area (Å²) in [4.78, 5) is 12.4. The molecule has 1 heterocycles. The van der Waals surface area contributed by atoms with E-state index in [0.717, 1.165) is 17.0 Å². The molecule has 5 nitrogen and oxygen atoms in total. The van der Waals surface area contributed by atoms with Crippen LogP contribution in [0, 0.1) is 17.6 Å². The number of aromatic amines is 1. The van der Waals surface area contributed by atoms with Crippen molar-refractivity contribution in [3.05, 3.63) is 53.7 Å². The van der Waals surface area contributed by atoms with E-state index in [9.17, 15) is 13.6 Å². The second-order valence-electron chi connectivity index (χ2n) is 6.21. The van der Waals surface area contributed by atoms with Crippen molar-refractivity contribution in [3.63, 3.8) is 0 Å². The van der Waals surface area contributed by atoms with Crippen molar-refractivity contribution in [1.29, 1.82) is 0 Å². The first-order valence-electron chi connectivity index (χ1n) is 7.91. The van der Waals surface area contributed by atoms with E-state index in [2.05, 4.69) is 20.8 Å². The van der Waals surface area contributed by atoms with Gasteiger partial charge < -0.3 is 10.6 Å². The monoisotopic (exact) mass is 344 g/mol. The van der Waals surface area contributed by atoms with Crippen LogP contribution in [0.5, 0.6) is 0 Å². The number of nitrogens with one attached hydrogen (secondary N) is 3. The van der Waals surface area contributed by atoms with Crippen molar-refractivity contribution in [2.75, 3.05) is 17.2 Å². The van der Waals surface area contributed by atoms with Crippen LogP contribution in [0.1, 0.15) is 24.2 Å². The third-order valence-electron chi connectivity index (χ3n) is 3.70. The quantitative estimate of drug-likeness (QED) is 0.651. The topological polar surface area (TPSA) is 69.8 Å². The van der Waals surface area contributed by atoms with Gasteiger partial charge in [0.05, 0.1) is 23.0 Å². The number of hydrogen-bond donors (Lipinski definition) is 3. The number of carbonyl (C=O) groups excluding carboxylic acids is 1. The predicted octanol–water partition coefficient (Wildman–Crippen LogP) is 4.16. The van der Waals surface area contributed by atoms with Crippen molar-refractivity contribution in [3.8, 4) is 0 Å². The Morgan fingerprint density at radius 2 is 2.00 bits per heavy atom. The number of fused-ring (bicyclic) bond motifs is 1. The Bertz CT molecular complexity index is 921. The van der Waals surface area contributed by atoms with Gasteiger partial charge in [-0.2, -0.15) is 5.10 Å². The highest BCUT2D eigenvalue weighted by molar-refractivity contribution is 6.05. The van der Waals surface area contributed by atoms with Gasteiger partial charge in [0.2, 0.25) is 0 Å². The van der Waals surface area contributed by atoms with Crippen LogP contribution in [-0.2, 0) is 0 Å². The number of anilines is 2. The van der Waals surface area contributed by atoms with E-state index in [1.165, 1.54) is 6.07 Å². The molecule has 1 aromatic heterocycles. The zero-order chi connectivity index (χ0) is 18.0. The molecule has 25 heavy (non-hydrogen) atoms.